The lowest BCUT2D eigenvalue weighted by Gasteiger charge is -2.16. The van der Waals surface area contributed by atoms with Gasteiger partial charge in [-0.3, -0.25) is 4.79 Å². The van der Waals surface area contributed by atoms with Gasteiger partial charge in [-0.05, 0) is 30.5 Å². The number of furan rings is 1. The fraction of sp³-hybridized carbons (Fsp3) is 0.174. The van der Waals surface area contributed by atoms with E-state index in [-0.39, 0.29) is 18.0 Å². The van der Waals surface area contributed by atoms with E-state index in [0.717, 1.165) is 16.7 Å². The lowest BCUT2D eigenvalue weighted by atomic mass is 10.1. The highest BCUT2D eigenvalue weighted by molar-refractivity contribution is 7.10. The number of amides is 1. The molecule has 2 aromatic heterocycles. The van der Waals surface area contributed by atoms with Gasteiger partial charge in [0.1, 0.15) is 17.4 Å². The topological polar surface area (TPSA) is 58.9 Å². The van der Waals surface area contributed by atoms with Gasteiger partial charge in [-0.15, -0.1) is 11.3 Å². The molecule has 4 aromatic rings. The molecule has 0 aliphatic heterocycles. The van der Waals surface area contributed by atoms with Crippen molar-refractivity contribution in [2.45, 2.75) is 19.0 Å². The zero-order chi connectivity index (χ0) is 19.3. The zero-order valence-corrected chi connectivity index (χ0v) is 16.5. The SMILES string of the molecule is C[C@H](NC(=O)C[NH2+][C@@H](c1ccccc1)c1cccs1)c1cc2ccccc2o1. The zero-order valence-electron chi connectivity index (χ0n) is 15.7. The van der Waals surface area contributed by atoms with Gasteiger partial charge in [0, 0.05) is 10.9 Å². The summed E-state index contributed by atoms with van der Waals surface area (Å²) < 4.78 is 5.86. The Morgan fingerprint density at radius 2 is 1.86 bits per heavy atom. The van der Waals surface area contributed by atoms with Gasteiger partial charge < -0.3 is 15.1 Å². The van der Waals surface area contributed by atoms with Crippen LogP contribution in [0.25, 0.3) is 11.0 Å². The van der Waals surface area contributed by atoms with Crippen LogP contribution in [0.15, 0.2) is 82.6 Å². The molecule has 3 N–H and O–H groups in total. The second-order valence-electron chi connectivity index (χ2n) is 6.82. The van der Waals surface area contributed by atoms with Crippen LogP contribution in [0.5, 0.6) is 0 Å². The summed E-state index contributed by atoms with van der Waals surface area (Å²) in [6.45, 7) is 2.30. The Morgan fingerprint density at radius 1 is 1.07 bits per heavy atom. The summed E-state index contributed by atoms with van der Waals surface area (Å²) in [4.78, 5) is 13.8. The number of nitrogens with one attached hydrogen (secondary N) is 1. The maximum Gasteiger partial charge on any atom is 0.275 e. The minimum absolute atomic E-state index is 0.00885. The Labute approximate surface area is 168 Å². The Bertz CT molecular complexity index is 1010. The van der Waals surface area contributed by atoms with Crippen molar-refractivity contribution >= 4 is 28.2 Å². The first-order chi connectivity index (χ1) is 13.7. The van der Waals surface area contributed by atoms with E-state index in [9.17, 15) is 4.79 Å². The molecule has 2 atom stereocenters. The van der Waals surface area contributed by atoms with Crippen LogP contribution in [0.3, 0.4) is 0 Å². The van der Waals surface area contributed by atoms with Gasteiger partial charge >= 0.3 is 0 Å². The van der Waals surface area contributed by atoms with Gasteiger partial charge in [-0.25, -0.2) is 0 Å². The van der Waals surface area contributed by atoms with Crippen molar-refractivity contribution in [3.05, 3.63) is 94.4 Å². The Morgan fingerprint density at radius 3 is 2.61 bits per heavy atom. The molecule has 142 valence electrons. The molecule has 28 heavy (non-hydrogen) atoms. The molecular formula is C23H23N2O2S+. The van der Waals surface area contributed by atoms with Crippen LogP contribution in [0.1, 0.15) is 35.2 Å². The van der Waals surface area contributed by atoms with Crippen LogP contribution < -0.4 is 10.6 Å². The predicted octanol–water partition coefficient (Wildman–Crippen LogP) is 4.02. The van der Waals surface area contributed by atoms with Crippen LogP contribution in [0.2, 0.25) is 0 Å². The fourth-order valence-corrected chi connectivity index (χ4v) is 4.21. The number of fused-ring (bicyclic) bond motifs is 1. The van der Waals surface area contributed by atoms with Crippen molar-refractivity contribution in [3.8, 4) is 0 Å². The molecule has 4 nitrogen and oxygen atoms in total. The summed E-state index contributed by atoms with van der Waals surface area (Å²) in [5.74, 6) is 0.762. The highest BCUT2D eigenvalue weighted by atomic mass is 32.1. The first-order valence-electron chi connectivity index (χ1n) is 9.40. The number of hydrogen-bond donors (Lipinski definition) is 2. The summed E-state index contributed by atoms with van der Waals surface area (Å²) in [6.07, 6.45) is 0. The quantitative estimate of drug-likeness (QED) is 0.500. The molecule has 0 saturated carbocycles. The number of nitrogens with two attached hydrogens (primary N) is 1. The first-order valence-corrected chi connectivity index (χ1v) is 10.3. The normalized spacial score (nSPS) is 13.3. The van der Waals surface area contributed by atoms with Gasteiger partial charge in [-0.1, -0.05) is 54.6 Å². The van der Waals surface area contributed by atoms with Crippen molar-refractivity contribution in [3.63, 3.8) is 0 Å². The summed E-state index contributed by atoms with van der Waals surface area (Å²) in [5, 5.41) is 8.25. The number of thiophene rings is 1. The van der Waals surface area contributed by atoms with Crippen molar-refractivity contribution in [1.29, 1.82) is 0 Å². The van der Waals surface area contributed by atoms with E-state index in [4.69, 9.17) is 4.42 Å². The van der Waals surface area contributed by atoms with E-state index < -0.39 is 0 Å². The molecule has 0 aliphatic carbocycles. The number of carbonyl (C=O) groups is 1. The molecule has 5 heteroatoms. The molecule has 0 radical (unpaired) electrons. The second-order valence-corrected chi connectivity index (χ2v) is 7.80. The third-order valence-corrected chi connectivity index (χ3v) is 5.75. The van der Waals surface area contributed by atoms with E-state index in [0.29, 0.717) is 6.54 Å². The van der Waals surface area contributed by atoms with E-state index >= 15 is 0 Å². The predicted molar refractivity (Wildman–Crippen MR) is 112 cm³/mol. The number of rotatable bonds is 7. The van der Waals surface area contributed by atoms with Crippen LogP contribution in [-0.4, -0.2) is 12.5 Å². The number of carbonyl (C=O) groups excluding carboxylic acids is 1. The maximum absolute atomic E-state index is 12.6. The van der Waals surface area contributed by atoms with Gasteiger partial charge in [0.25, 0.3) is 5.91 Å². The van der Waals surface area contributed by atoms with E-state index in [1.54, 1.807) is 11.3 Å². The molecule has 0 fully saturated rings. The molecule has 4 rings (SSSR count). The second kappa shape index (κ2) is 8.42. The van der Waals surface area contributed by atoms with Crippen LogP contribution in [0.4, 0.5) is 0 Å². The lowest BCUT2D eigenvalue weighted by Crippen LogP contribution is -2.87. The number of para-hydroxylation sites is 1. The van der Waals surface area contributed by atoms with Crippen LogP contribution >= 0.6 is 11.3 Å². The van der Waals surface area contributed by atoms with E-state index in [1.807, 2.05) is 61.5 Å². The van der Waals surface area contributed by atoms with Gasteiger partial charge in [0.15, 0.2) is 6.54 Å². The van der Waals surface area contributed by atoms with E-state index in [1.165, 1.54) is 10.4 Å². The molecule has 0 unspecified atom stereocenters. The number of quaternary nitrogens is 1. The lowest BCUT2D eigenvalue weighted by molar-refractivity contribution is -0.676. The van der Waals surface area contributed by atoms with Crippen molar-refractivity contribution in [1.82, 2.24) is 5.32 Å². The summed E-state index contributed by atoms with van der Waals surface area (Å²) in [6, 6.07) is 24.3. The van der Waals surface area contributed by atoms with Gasteiger partial charge in [0.05, 0.1) is 10.9 Å². The molecule has 0 spiro atoms. The molecule has 2 heterocycles. The Hall–Kier alpha value is -2.89. The first kappa shape index (κ1) is 18.5. The molecule has 1 amide bonds. The summed E-state index contributed by atoms with van der Waals surface area (Å²) in [7, 11) is 0. The third-order valence-electron chi connectivity index (χ3n) is 4.80. The number of benzene rings is 2. The molecular weight excluding hydrogens is 368 g/mol. The largest absolute Gasteiger partial charge is 0.459 e. The monoisotopic (exact) mass is 391 g/mol. The van der Waals surface area contributed by atoms with Crippen molar-refractivity contribution in [2.24, 2.45) is 0 Å². The standard InChI is InChI=1S/C23H22N2O2S/c1-16(20-14-18-10-5-6-11-19(18)27-20)25-22(26)15-24-23(21-12-7-13-28-21)17-8-3-2-4-9-17/h2-14,16,23-24H,15H2,1H3,(H,25,26)/p+1/t16-,23-/m0/s1. The average Bonchev–Trinajstić information content (AvgIpc) is 3.39. The van der Waals surface area contributed by atoms with Gasteiger partial charge in [0.2, 0.25) is 0 Å². The maximum atomic E-state index is 12.6. The molecule has 0 saturated heterocycles. The summed E-state index contributed by atoms with van der Waals surface area (Å²) >= 11 is 1.71. The minimum atomic E-state index is -0.176. The fourth-order valence-electron chi connectivity index (χ4n) is 3.36. The average molecular weight is 392 g/mol. The third kappa shape index (κ3) is 4.16. The van der Waals surface area contributed by atoms with Crippen molar-refractivity contribution in [2.75, 3.05) is 6.54 Å². The van der Waals surface area contributed by atoms with Gasteiger partial charge in [-0.2, -0.15) is 0 Å². The highest BCUT2D eigenvalue weighted by Crippen LogP contribution is 2.24. The Kier molecular flexibility index (Phi) is 5.55. The summed E-state index contributed by atoms with van der Waals surface area (Å²) in [5.41, 5.74) is 2.04. The van der Waals surface area contributed by atoms with Crippen LogP contribution in [0, 0.1) is 0 Å². The number of hydrogen-bond acceptors (Lipinski definition) is 3. The van der Waals surface area contributed by atoms with Crippen LogP contribution in [-0.2, 0) is 4.79 Å². The Balaban J connectivity index is 1.41. The minimum Gasteiger partial charge on any atom is -0.459 e. The van der Waals surface area contributed by atoms with E-state index in [2.05, 4.69) is 34.2 Å². The molecule has 0 aliphatic rings. The molecule has 2 aromatic carbocycles. The highest BCUT2D eigenvalue weighted by Gasteiger charge is 2.21. The smallest absolute Gasteiger partial charge is 0.275 e. The van der Waals surface area contributed by atoms with Crippen molar-refractivity contribution < 1.29 is 14.5 Å². The molecule has 0 bridgehead atoms.